The summed E-state index contributed by atoms with van der Waals surface area (Å²) in [6.45, 7) is 3.78. The molecule has 3 heterocycles. The Morgan fingerprint density at radius 1 is 1.11 bits per heavy atom. The van der Waals surface area contributed by atoms with Crippen LogP contribution in [0.2, 0.25) is 5.02 Å². The minimum atomic E-state index is -2.97. The van der Waals surface area contributed by atoms with Gasteiger partial charge in [-0.05, 0) is 43.3 Å². The highest BCUT2D eigenvalue weighted by atomic mass is 35.5. The number of halogens is 1. The summed E-state index contributed by atoms with van der Waals surface area (Å²) in [5, 5.41) is 17.0. The van der Waals surface area contributed by atoms with Crippen molar-refractivity contribution in [3.63, 3.8) is 0 Å². The molecule has 2 N–H and O–H groups in total. The van der Waals surface area contributed by atoms with Crippen LogP contribution in [0.3, 0.4) is 0 Å². The lowest BCUT2D eigenvalue weighted by Gasteiger charge is -2.24. The number of carbonyl (C=O) groups excluding carboxylic acids is 1. The Morgan fingerprint density at radius 2 is 1.93 bits per heavy atom. The first-order chi connectivity index (χ1) is 21.7. The van der Waals surface area contributed by atoms with Crippen molar-refractivity contribution in [3.05, 3.63) is 89.4 Å². The summed E-state index contributed by atoms with van der Waals surface area (Å²) in [6.07, 6.45) is 6.27. The predicted octanol–water partition coefficient (Wildman–Crippen LogP) is 5.10. The minimum Gasteiger partial charge on any atom is -0.492 e. The molecule has 0 spiro atoms. The molecule has 232 valence electrons. The maximum Gasteiger partial charge on any atom is 0.248 e. The number of carbonyl (C=O) groups is 1. The van der Waals surface area contributed by atoms with Gasteiger partial charge in [0, 0.05) is 55.2 Å². The molecule has 1 saturated heterocycles. The van der Waals surface area contributed by atoms with E-state index in [0.717, 1.165) is 5.69 Å². The Bertz CT molecular complexity index is 1860. The van der Waals surface area contributed by atoms with Crippen LogP contribution >= 0.6 is 11.6 Å². The van der Waals surface area contributed by atoms with Gasteiger partial charge in [0.2, 0.25) is 5.91 Å². The fourth-order valence-electron chi connectivity index (χ4n) is 4.70. The molecule has 13 heteroatoms. The fraction of sp³-hybridized carbons (Fsp3) is 0.250. The van der Waals surface area contributed by atoms with Crippen LogP contribution in [0.5, 0.6) is 11.5 Å². The molecular weight excluding hydrogens is 616 g/mol. The van der Waals surface area contributed by atoms with E-state index in [1.807, 2.05) is 30.0 Å². The topological polar surface area (TPSA) is 147 Å². The number of anilines is 3. The van der Waals surface area contributed by atoms with Gasteiger partial charge < -0.3 is 20.1 Å². The summed E-state index contributed by atoms with van der Waals surface area (Å²) >= 11 is 6.53. The zero-order chi connectivity index (χ0) is 31.8. The van der Waals surface area contributed by atoms with Crippen molar-refractivity contribution in [2.75, 3.05) is 48.4 Å². The number of fused-ring (bicyclic) bond motifs is 1. The molecular formula is C32H31ClN6O5S. The quantitative estimate of drug-likeness (QED) is 0.211. The first-order valence-corrected chi connectivity index (χ1v) is 16.4. The average Bonchev–Trinajstić information content (AvgIpc) is 3.03. The number of ether oxygens (including phenoxy) is 2. The molecule has 45 heavy (non-hydrogen) atoms. The first kappa shape index (κ1) is 31.7. The number of pyridine rings is 2. The molecule has 0 unspecified atom stereocenters. The molecule has 5 rings (SSSR count). The summed E-state index contributed by atoms with van der Waals surface area (Å²) in [5.41, 5.74) is 3.10. The molecule has 1 aliphatic rings. The van der Waals surface area contributed by atoms with Gasteiger partial charge in [-0.2, -0.15) is 5.26 Å². The van der Waals surface area contributed by atoms with Gasteiger partial charge in [0.1, 0.15) is 24.2 Å². The van der Waals surface area contributed by atoms with E-state index in [0.29, 0.717) is 76.3 Å². The molecule has 0 saturated carbocycles. The number of nitrogens with one attached hydrogen (secondary N) is 2. The van der Waals surface area contributed by atoms with Crippen molar-refractivity contribution in [3.8, 4) is 17.6 Å². The van der Waals surface area contributed by atoms with Crippen LogP contribution in [0.25, 0.3) is 10.9 Å². The second-order valence-corrected chi connectivity index (χ2v) is 12.9. The molecule has 2 aromatic heterocycles. The molecule has 1 fully saturated rings. The zero-order valence-electron chi connectivity index (χ0n) is 24.5. The van der Waals surface area contributed by atoms with Gasteiger partial charge in [0.05, 0.1) is 51.3 Å². The van der Waals surface area contributed by atoms with Crippen molar-refractivity contribution in [1.29, 1.82) is 5.26 Å². The lowest BCUT2D eigenvalue weighted by atomic mass is 10.1. The molecule has 1 aliphatic heterocycles. The monoisotopic (exact) mass is 646 g/mol. The third kappa shape index (κ3) is 8.27. The number of aromatic nitrogens is 2. The maximum atomic E-state index is 12.9. The second-order valence-electron chi connectivity index (χ2n) is 10.2. The summed E-state index contributed by atoms with van der Waals surface area (Å²) in [5.74, 6) is 0.762. The first-order valence-electron chi connectivity index (χ1n) is 14.2. The maximum absolute atomic E-state index is 12.9. The van der Waals surface area contributed by atoms with Crippen LogP contribution in [0.15, 0.2) is 73.1 Å². The third-order valence-corrected chi connectivity index (χ3v) is 8.92. The largest absolute Gasteiger partial charge is 0.492 e. The number of rotatable bonds is 11. The van der Waals surface area contributed by atoms with E-state index in [1.54, 1.807) is 42.6 Å². The van der Waals surface area contributed by atoms with Gasteiger partial charge in [-0.1, -0.05) is 23.7 Å². The number of hydrogen-bond donors (Lipinski definition) is 2. The Morgan fingerprint density at radius 3 is 2.64 bits per heavy atom. The average molecular weight is 647 g/mol. The van der Waals surface area contributed by atoms with E-state index in [1.165, 1.54) is 12.3 Å². The Hall–Kier alpha value is -4.70. The summed E-state index contributed by atoms with van der Waals surface area (Å²) in [7, 11) is -2.97. The van der Waals surface area contributed by atoms with Crippen molar-refractivity contribution in [2.45, 2.75) is 13.5 Å². The van der Waals surface area contributed by atoms with Gasteiger partial charge in [0.25, 0.3) is 0 Å². The third-order valence-electron chi connectivity index (χ3n) is 7.02. The van der Waals surface area contributed by atoms with E-state index in [4.69, 9.17) is 21.1 Å². The standard InChI is InChI=1S/C32H31ClN6O5S/c1-2-43-30-18-27-25(17-28(30)38-31(40)7-5-11-39-12-14-45(41,42)15-13-39)32(22(19-34)20-36-27)37-23-8-9-29(26(33)16-23)44-21-24-6-3-4-10-35-24/h3-10,16-18,20H,2,11-15,21H2,1H3,(H,36,37)(H,38,40)/b7-5+. The summed E-state index contributed by atoms with van der Waals surface area (Å²) in [6, 6.07) is 16.4. The van der Waals surface area contributed by atoms with Crippen molar-refractivity contribution in [2.24, 2.45) is 0 Å². The molecule has 0 aliphatic carbocycles. The second kappa shape index (κ2) is 14.4. The number of nitriles is 1. The van der Waals surface area contributed by atoms with Crippen molar-refractivity contribution in [1.82, 2.24) is 14.9 Å². The lowest BCUT2D eigenvalue weighted by Crippen LogP contribution is -2.40. The SMILES string of the molecule is CCOc1cc2ncc(C#N)c(Nc3ccc(OCc4ccccn4)c(Cl)c3)c2cc1NC(=O)/C=C/CN1CCS(=O)(=O)CC1. The predicted molar refractivity (Wildman–Crippen MR) is 174 cm³/mol. The van der Waals surface area contributed by atoms with Crippen molar-refractivity contribution < 1.29 is 22.7 Å². The fourth-order valence-corrected chi connectivity index (χ4v) is 6.22. The van der Waals surface area contributed by atoms with Gasteiger partial charge in [-0.25, -0.2) is 8.42 Å². The van der Waals surface area contributed by atoms with E-state index in [-0.39, 0.29) is 24.0 Å². The highest BCUT2D eigenvalue weighted by Crippen LogP contribution is 2.37. The molecule has 0 radical (unpaired) electrons. The van der Waals surface area contributed by atoms with E-state index in [2.05, 4.69) is 26.7 Å². The smallest absolute Gasteiger partial charge is 0.248 e. The molecule has 0 atom stereocenters. The van der Waals surface area contributed by atoms with E-state index in [9.17, 15) is 18.5 Å². The Labute approximate surface area is 266 Å². The van der Waals surface area contributed by atoms with E-state index >= 15 is 0 Å². The van der Waals surface area contributed by atoms with Crippen LogP contribution in [0.4, 0.5) is 17.1 Å². The number of amides is 1. The molecule has 4 aromatic rings. The Balaban J connectivity index is 1.36. The number of benzene rings is 2. The molecule has 1 amide bonds. The van der Waals surface area contributed by atoms with Gasteiger partial charge in [-0.15, -0.1) is 0 Å². The zero-order valence-corrected chi connectivity index (χ0v) is 26.1. The van der Waals surface area contributed by atoms with Crippen LogP contribution < -0.4 is 20.1 Å². The normalized spacial score (nSPS) is 14.6. The minimum absolute atomic E-state index is 0.118. The molecule has 2 aromatic carbocycles. The van der Waals surface area contributed by atoms with Crippen LogP contribution in [0.1, 0.15) is 18.2 Å². The van der Waals surface area contributed by atoms with Crippen molar-refractivity contribution >= 4 is 55.3 Å². The van der Waals surface area contributed by atoms with Crippen LogP contribution in [0, 0.1) is 11.3 Å². The van der Waals surface area contributed by atoms with E-state index < -0.39 is 9.84 Å². The van der Waals surface area contributed by atoms with Crippen LogP contribution in [-0.2, 0) is 21.2 Å². The number of sulfone groups is 1. The lowest BCUT2D eigenvalue weighted by molar-refractivity contribution is -0.111. The Kier molecular flexibility index (Phi) is 10.1. The summed E-state index contributed by atoms with van der Waals surface area (Å²) in [4.78, 5) is 23.6. The molecule has 0 bridgehead atoms. The molecule has 11 nitrogen and oxygen atoms in total. The highest BCUT2D eigenvalue weighted by Gasteiger charge is 2.20. The van der Waals surface area contributed by atoms with Gasteiger partial charge >= 0.3 is 0 Å². The number of hydrogen-bond acceptors (Lipinski definition) is 10. The van der Waals surface area contributed by atoms with Crippen LogP contribution in [-0.4, -0.2) is 66.9 Å². The van der Waals surface area contributed by atoms with Gasteiger partial charge in [-0.3, -0.25) is 19.7 Å². The summed E-state index contributed by atoms with van der Waals surface area (Å²) < 4.78 is 35.0. The van der Waals surface area contributed by atoms with Gasteiger partial charge in [0.15, 0.2) is 9.84 Å². The highest BCUT2D eigenvalue weighted by molar-refractivity contribution is 7.91. The number of nitrogens with zero attached hydrogens (tertiary/aromatic N) is 4.